The summed E-state index contributed by atoms with van der Waals surface area (Å²) in [5.74, 6) is -5.56. The Kier molecular flexibility index (Phi) is 5.47. The van der Waals surface area contributed by atoms with Gasteiger partial charge in [0.2, 0.25) is 5.78 Å². The fourth-order valence-electron chi connectivity index (χ4n) is 2.21. The zero-order valence-corrected chi connectivity index (χ0v) is 14.6. The number of nitrogens with zero attached hydrogens (tertiary/aromatic N) is 4. The molecular formula is C14H12F8N6O. The first-order valence-corrected chi connectivity index (χ1v) is 7.54. The van der Waals surface area contributed by atoms with E-state index >= 15 is 0 Å². The molecule has 0 bridgehead atoms. The van der Waals surface area contributed by atoms with Crippen molar-refractivity contribution in [1.82, 2.24) is 24.5 Å². The third-order valence-electron chi connectivity index (χ3n) is 3.78. The summed E-state index contributed by atoms with van der Waals surface area (Å²) in [4.78, 5) is 15.9. The first-order chi connectivity index (χ1) is 13.1. The largest absolute Gasteiger partial charge is 0.455 e. The molecule has 2 rings (SSSR count). The van der Waals surface area contributed by atoms with Gasteiger partial charge in [0.1, 0.15) is 5.82 Å². The molecule has 2 N–H and O–H groups in total. The van der Waals surface area contributed by atoms with Crippen LogP contribution in [-0.2, 0) is 13.2 Å². The second-order valence-corrected chi connectivity index (χ2v) is 5.78. The number of hydrogen-bond donors (Lipinski definition) is 2. The standard InChI is InChI=1S/C14H12F8N6O/c1-6-26-28-10(29)8(9(13(17,18)19)25-11(28)27(6)2)7(3-23)4-24-5-12(15,16)14(20,21)22/h3-4,23-24H,5H2,1-2H3/b7-4+,23-3?. The van der Waals surface area contributed by atoms with Gasteiger partial charge in [0.15, 0.2) is 5.69 Å². The van der Waals surface area contributed by atoms with Gasteiger partial charge in [-0.2, -0.15) is 39.6 Å². The van der Waals surface area contributed by atoms with Crippen molar-refractivity contribution in [3.63, 3.8) is 0 Å². The molecule has 0 spiro atoms. The van der Waals surface area contributed by atoms with Crippen molar-refractivity contribution in [3.05, 3.63) is 33.6 Å². The van der Waals surface area contributed by atoms with Crippen molar-refractivity contribution in [1.29, 1.82) is 5.41 Å². The van der Waals surface area contributed by atoms with Crippen LogP contribution in [0.4, 0.5) is 35.1 Å². The minimum absolute atomic E-state index is 0.114. The summed E-state index contributed by atoms with van der Waals surface area (Å²) < 4.78 is 104. The van der Waals surface area contributed by atoms with Crippen molar-refractivity contribution in [2.75, 3.05) is 6.54 Å². The molecule has 0 aliphatic rings. The molecule has 0 saturated carbocycles. The molecule has 2 aromatic heterocycles. The Morgan fingerprint density at radius 2 is 1.76 bits per heavy atom. The molecule has 0 fully saturated rings. The highest BCUT2D eigenvalue weighted by Gasteiger charge is 2.57. The van der Waals surface area contributed by atoms with Crippen molar-refractivity contribution < 1.29 is 35.1 Å². The molecule has 15 heteroatoms. The molecule has 0 radical (unpaired) electrons. The third kappa shape index (κ3) is 4.07. The van der Waals surface area contributed by atoms with Gasteiger partial charge in [-0.05, 0) is 6.92 Å². The first kappa shape index (κ1) is 22.3. The van der Waals surface area contributed by atoms with Crippen LogP contribution in [0.1, 0.15) is 17.1 Å². The Hall–Kier alpha value is -3.00. The van der Waals surface area contributed by atoms with E-state index in [1.807, 2.05) is 0 Å². The summed E-state index contributed by atoms with van der Waals surface area (Å²) >= 11 is 0. The van der Waals surface area contributed by atoms with E-state index in [0.29, 0.717) is 4.52 Å². The van der Waals surface area contributed by atoms with Gasteiger partial charge >= 0.3 is 18.3 Å². The topological polar surface area (TPSA) is 88.1 Å². The van der Waals surface area contributed by atoms with Crippen LogP contribution in [0.3, 0.4) is 0 Å². The summed E-state index contributed by atoms with van der Waals surface area (Å²) in [5.41, 5.74) is -5.27. The van der Waals surface area contributed by atoms with E-state index in [0.717, 1.165) is 4.57 Å². The lowest BCUT2D eigenvalue weighted by molar-refractivity contribution is -0.278. The predicted molar refractivity (Wildman–Crippen MR) is 83.7 cm³/mol. The third-order valence-corrected chi connectivity index (χ3v) is 3.78. The Balaban J connectivity index is 2.64. The van der Waals surface area contributed by atoms with Gasteiger partial charge in [0.05, 0.1) is 12.1 Å². The van der Waals surface area contributed by atoms with Gasteiger partial charge < -0.3 is 15.3 Å². The fraction of sp³-hybridized carbons (Fsp3) is 0.429. The lowest BCUT2D eigenvalue weighted by Gasteiger charge is -2.19. The molecular weight excluding hydrogens is 420 g/mol. The smallest absolute Gasteiger partial charge is 0.384 e. The molecule has 2 heterocycles. The van der Waals surface area contributed by atoms with Gasteiger partial charge in [-0.25, -0.2) is 4.98 Å². The Morgan fingerprint density at radius 3 is 2.24 bits per heavy atom. The molecule has 29 heavy (non-hydrogen) atoms. The summed E-state index contributed by atoms with van der Waals surface area (Å²) in [6.45, 7) is -0.649. The molecule has 0 aliphatic heterocycles. The van der Waals surface area contributed by atoms with Crippen LogP contribution in [0.15, 0.2) is 11.0 Å². The number of allylic oxidation sites excluding steroid dienone is 1. The zero-order chi connectivity index (χ0) is 22.4. The molecule has 0 aromatic carbocycles. The monoisotopic (exact) mass is 432 g/mol. The molecule has 0 unspecified atom stereocenters. The van der Waals surface area contributed by atoms with Crippen LogP contribution in [0.5, 0.6) is 0 Å². The second-order valence-electron chi connectivity index (χ2n) is 5.78. The number of alkyl halides is 8. The highest BCUT2D eigenvalue weighted by atomic mass is 19.4. The number of rotatable bonds is 5. The Morgan fingerprint density at radius 1 is 1.17 bits per heavy atom. The van der Waals surface area contributed by atoms with Gasteiger partial charge in [0, 0.05) is 25.0 Å². The highest BCUT2D eigenvalue weighted by molar-refractivity contribution is 6.08. The zero-order valence-electron chi connectivity index (χ0n) is 14.6. The van der Waals surface area contributed by atoms with E-state index < -0.39 is 53.0 Å². The average molecular weight is 432 g/mol. The van der Waals surface area contributed by atoms with E-state index in [4.69, 9.17) is 5.41 Å². The second kappa shape index (κ2) is 7.11. The van der Waals surface area contributed by atoms with Crippen molar-refractivity contribution >= 4 is 17.6 Å². The lowest BCUT2D eigenvalue weighted by Crippen LogP contribution is -2.44. The van der Waals surface area contributed by atoms with Crippen LogP contribution in [0.2, 0.25) is 0 Å². The summed E-state index contributed by atoms with van der Waals surface area (Å²) in [5, 5.41) is 12.4. The Labute approximate surface area is 156 Å². The normalized spacial score (nSPS) is 13.8. The van der Waals surface area contributed by atoms with Crippen LogP contribution < -0.4 is 10.9 Å². The average Bonchev–Trinajstić information content (AvgIpc) is 2.86. The highest BCUT2D eigenvalue weighted by Crippen LogP contribution is 2.35. The molecule has 0 atom stereocenters. The molecule has 0 aliphatic carbocycles. The maximum absolute atomic E-state index is 13.4. The quantitative estimate of drug-likeness (QED) is 0.562. The van der Waals surface area contributed by atoms with Crippen LogP contribution in [-0.4, -0.2) is 44.0 Å². The molecule has 0 amide bonds. The van der Waals surface area contributed by atoms with Gasteiger partial charge in [0.25, 0.3) is 5.56 Å². The first-order valence-electron chi connectivity index (χ1n) is 7.54. The lowest BCUT2D eigenvalue weighted by atomic mass is 10.1. The number of halogens is 8. The van der Waals surface area contributed by atoms with E-state index in [2.05, 4.69) is 10.1 Å². The fourth-order valence-corrected chi connectivity index (χ4v) is 2.21. The van der Waals surface area contributed by atoms with Crippen molar-refractivity contribution in [3.8, 4) is 0 Å². The van der Waals surface area contributed by atoms with Crippen molar-refractivity contribution in [2.45, 2.75) is 25.2 Å². The van der Waals surface area contributed by atoms with E-state index in [1.165, 1.54) is 19.3 Å². The maximum Gasteiger partial charge on any atom is 0.455 e. The number of hydrogen-bond acceptors (Lipinski definition) is 5. The Bertz CT molecular complexity index is 1030. The molecule has 2 aromatic rings. The van der Waals surface area contributed by atoms with Crippen molar-refractivity contribution in [2.24, 2.45) is 7.05 Å². The number of aromatic nitrogens is 4. The van der Waals surface area contributed by atoms with Gasteiger partial charge in [-0.1, -0.05) is 0 Å². The predicted octanol–water partition coefficient (Wildman–Crippen LogP) is 2.53. The van der Waals surface area contributed by atoms with E-state index in [-0.39, 0.29) is 18.2 Å². The minimum Gasteiger partial charge on any atom is -0.384 e. The number of nitrogens with one attached hydrogen (secondary N) is 2. The minimum atomic E-state index is -5.90. The number of aryl methyl sites for hydroxylation is 2. The molecule has 7 nitrogen and oxygen atoms in total. The van der Waals surface area contributed by atoms with Gasteiger partial charge in [-0.3, -0.25) is 4.79 Å². The summed E-state index contributed by atoms with van der Waals surface area (Å²) in [6, 6.07) is 0. The SMILES string of the molecule is Cc1nn2c(=O)c(/C(C=N)=C/NCC(F)(F)C(F)(F)F)c(C(F)(F)F)nc2n1C. The van der Waals surface area contributed by atoms with Crippen LogP contribution >= 0.6 is 0 Å². The van der Waals surface area contributed by atoms with Crippen LogP contribution in [0.25, 0.3) is 11.4 Å². The van der Waals surface area contributed by atoms with E-state index in [1.54, 1.807) is 0 Å². The van der Waals surface area contributed by atoms with Gasteiger partial charge in [-0.15, -0.1) is 5.10 Å². The summed E-state index contributed by atoms with van der Waals surface area (Å²) in [7, 11) is 1.29. The molecule has 0 saturated heterocycles. The van der Waals surface area contributed by atoms with E-state index in [9.17, 15) is 39.9 Å². The maximum atomic E-state index is 13.4. The summed E-state index contributed by atoms with van der Waals surface area (Å²) in [6.07, 6.45) is -10.6. The number of fused-ring (bicyclic) bond motifs is 1. The van der Waals surface area contributed by atoms with Crippen LogP contribution in [0, 0.1) is 12.3 Å². The molecule has 160 valence electrons.